The molecule has 0 bridgehead atoms. The van der Waals surface area contributed by atoms with Gasteiger partial charge in [-0.05, 0) is 59.5 Å². The van der Waals surface area contributed by atoms with Crippen molar-refractivity contribution >= 4 is 11.3 Å². The number of rotatable bonds is 5. The smallest absolute Gasteiger partial charge is 0.123 e. The molecule has 1 aromatic carbocycles. The molecule has 1 heterocycles. The van der Waals surface area contributed by atoms with E-state index in [4.69, 9.17) is 0 Å². The molecule has 1 N–H and O–H groups in total. The van der Waals surface area contributed by atoms with Gasteiger partial charge in [-0.2, -0.15) is 11.3 Å². The van der Waals surface area contributed by atoms with Crippen molar-refractivity contribution < 1.29 is 4.39 Å². The van der Waals surface area contributed by atoms with Gasteiger partial charge < -0.3 is 5.32 Å². The minimum absolute atomic E-state index is 0.175. The predicted octanol–water partition coefficient (Wildman–Crippen LogP) is 4.09. The number of aryl methyl sites for hydroxylation is 1. The molecule has 0 saturated carbocycles. The maximum atomic E-state index is 12.9. The lowest BCUT2D eigenvalue weighted by Gasteiger charge is -2.18. The molecule has 0 aliphatic heterocycles. The highest BCUT2D eigenvalue weighted by Crippen LogP contribution is 2.25. The quantitative estimate of drug-likeness (QED) is 0.856. The molecule has 0 fully saturated rings. The first-order valence-electron chi connectivity index (χ1n) is 6.21. The summed E-state index contributed by atoms with van der Waals surface area (Å²) in [6, 6.07) is 7.09. The van der Waals surface area contributed by atoms with Gasteiger partial charge in [0.05, 0.1) is 0 Å². The monoisotopic (exact) mass is 263 g/mol. The van der Waals surface area contributed by atoms with Gasteiger partial charge in [-0.3, -0.25) is 0 Å². The van der Waals surface area contributed by atoms with E-state index in [2.05, 4.69) is 29.9 Å². The zero-order valence-corrected chi connectivity index (χ0v) is 11.6. The molecule has 3 heteroatoms. The van der Waals surface area contributed by atoms with Crippen molar-refractivity contribution in [3.05, 3.63) is 57.5 Å². The van der Waals surface area contributed by atoms with Gasteiger partial charge in [0.25, 0.3) is 0 Å². The number of nitrogens with one attached hydrogen (secondary N) is 1. The van der Waals surface area contributed by atoms with Gasteiger partial charge in [-0.25, -0.2) is 4.39 Å². The SMILES string of the molecule is CCNC(Cc1ccc(F)cc1)c1cscc1C. The Bertz CT molecular complexity index is 489. The molecule has 18 heavy (non-hydrogen) atoms. The van der Waals surface area contributed by atoms with Crippen molar-refractivity contribution in [1.82, 2.24) is 5.32 Å². The fourth-order valence-corrected chi connectivity index (χ4v) is 3.03. The lowest BCUT2D eigenvalue weighted by atomic mass is 9.98. The predicted molar refractivity (Wildman–Crippen MR) is 75.6 cm³/mol. The van der Waals surface area contributed by atoms with Crippen LogP contribution in [0.15, 0.2) is 35.0 Å². The van der Waals surface area contributed by atoms with E-state index in [0.717, 1.165) is 18.5 Å². The van der Waals surface area contributed by atoms with Crippen LogP contribution in [0.3, 0.4) is 0 Å². The largest absolute Gasteiger partial charge is 0.310 e. The normalized spacial score (nSPS) is 12.6. The van der Waals surface area contributed by atoms with E-state index >= 15 is 0 Å². The molecule has 1 nitrogen and oxygen atoms in total. The molecule has 0 spiro atoms. The first kappa shape index (κ1) is 13.2. The Balaban J connectivity index is 2.16. The van der Waals surface area contributed by atoms with Crippen molar-refractivity contribution in [1.29, 1.82) is 0 Å². The Hall–Kier alpha value is -1.19. The summed E-state index contributed by atoms with van der Waals surface area (Å²) in [6.07, 6.45) is 0.895. The Morgan fingerprint density at radius 3 is 2.50 bits per heavy atom. The molecule has 1 atom stereocenters. The minimum Gasteiger partial charge on any atom is -0.310 e. The summed E-state index contributed by atoms with van der Waals surface area (Å²) in [5.74, 6) is -0.175. The summed E-state index contributed by atoms with van der Waals surface area (Å²) < 4.78 is 12.9. The van der Waals surface area contributed by atoms with Crippen LogP contribution in [0.1, 0.15) is 29.7 Å². The van der Waals surface area contributed by atoms with Crippen molar-refractivity contribution in [2.75, 3.05) is 6.54 Å². The molecule has 1 aromatic heterocycles. The zero-order valence-electron chi connectivity index (χ0n) is 10.7. The van der Waals surface area contributed by atoms with Gasteiger partial charge >= 0.3 is 0 Å². The lowest BCUT2D eigenvalue weighted by Crippen LogP contribution is -2.23. The fraction of sp³-hybridized carbons (Fsp3) is 0.333. The maximum absolute atomic E-state index is 12.9. The van der Waals surface area contributed by atoms with Crippen LogP contribution in [-0.4, -0.2) is 6.54 Å². The summed E-state index contributed by atoms with van der Waals surface area (Å²) in [6.45, 7) is 5.18. The van der Waals surface area contributed by atoms with Crippen molar-refractivity contribution in [2.45, 2.75) is 26.3 Å². The highest BCUT2D eigenvalue weighted by atomic mass is 32.1. The van der Waals surface area contributed by atoms with E-state index in [1.165, 1.54) is 23.3 Å². The first-order chi connectivity index (χ1) is 8.70. The number of likely N-dealkylation sites (N-methyl/N-ethyl adjacent to an activating group) is 1. The summed E-state index contributed by atoms with van der Waals surface area (Å²) in [7, 11) is 0. The molecule has 0 amide bonds. The number of hydrogen-bond acceptors (Lipinski definition) is 2. The summed E-state index contributed by atoms with van der Waals surface area (Å²) in [5, 5.41) is 7.87. The summed E-state index contributed by atoms with van der Waals surface area (Å²) in [5.41, 5.74) is 3.84. The molecule has 2 rings (SSSR count). The molecule has 0 radical (unpaired) electrons. The molecular weight excluding hydrogens is 245 g/mol. The van der Waals surface area contributed by atoms with Gasteiger partial charge in [-0.15, -0.1) is 0 Å². The van der Waals surface area contributed by atoms with Crippen LogP contribution in [0.5, 0.6) is 0 Å². The third-order valence-electron chi connectivity index (χ3n) is 3.07. The van der Waals surface area contributed by atoms with E-state index < -0.39 is 0 Å². The molecule has 0 saturated heterocycles. The van der Waals surface area contributed by atoms with Gasteiger partial charge in [-0.1, -0.05) is 19.1 Å². The van der Waals surface area contributed by atoms with Crippen molar-refractivity contribution in [3.8, 4) is 0 Å². The minimum atomic E-state index is -0.175. The number of halogens is 1. The molecule has 96 valence electrons. The Morgan fingerprint density at radius 2 is 1.94 bits per heavy atom. The zero-order chi connectivity index (χ0) is 13.0. The Labute approximate surface area is 112 Å². The van der Waals surface area contributed by atoms with Crippen LogP contribution < -0.4 is 5.32 Å². The number of thiophene rings is 1. The third-order valence-corrected chi connectivity index (χ3v) is 3.95. The van der Waals surface area contributed by atoms with Gasteiger partial charge in [0, 0.05) is 6.04 Å². The molecule has 0 aliphatic carbocycles. The van der Waals surface area contributed by atoms with Crippen LogP contribution in [0.2, 0.25) is 0 Å². The van der Waals surface area contributed by atoms with E-state index in [9.17, 15) is 4.39 Å². The third kappa shape index (κ3) is 3.18. The maximum Gasteiger partial charge on any atom is 0.123 e. The van der Waals surface area contributed by atoms with Crippen LogP contribution >= 0.6 is 11.3 Å². The summed E-state index contributed by atoms with van der Waals surface area (Å²) >= 11 is 1.73. The fourth-order valence-electron chi connectivity index (χ4n) is 2.12. The highest BCUT2D eigenvalue weighted by Gasteiger charge is 2.14. The number of hydrogen-bond donors (Lipinski definition) is 1. The van der Waals surface area contributed by atoms with Crippen molar-refractivity contribution in [3.63, 3.8) is 0 Å². The van der Waals surface area contributed by atoms with Crippen LogP contribution in [0, 0.1) is 12.7 Å². The topological polar surface area (TPSA) is 12.0 Å². The van der Waals surface area contributed by atoms with Gasteiger partial charge in [0.1, 0.15) is 5.82 Å². The molecular formula is C15H18FNS. The van der Waals surface area contributed by atoms with Crippen LogP contribution in [0.25, 0.3) is 0 Å². The van der Waals surface area contributed by atoms with Crippen LogP contribution in [-0.2, 0) is 6.42 Å². The first-order valence-corrected chi connectivity index (χ1v) is 7.15. The van der Waals surface area contributed by atoms with E-state index in [-0.39, 0.29) is 5.82 Å². The number of benzene rings is 1. The second kappa shape index (κ2) is 6.12. The van der Waals surface area contributed by atoms with Gasteiger partial charge in [0.15, 0.2) is 0 Å². The van der Waals surface area contributed by atoms with E-state index in [1.54, 1.807) is 11.3 Å². The molecule has 2 aromatic rings. The van der Waals surface area contributed by atoms with E-state index in [1.807, 2.05) is 12.1 Å². The van der Waals surface area contributed by atoms with Gasteiger partial charge in [0.2, 0.25) is 0 Å². The second-order valence-electron chi connectivity index (χ2n) is 4.45. The van der Waals surface area contributed by atoms with E-state index in [0.29, 0.717) is 6.04 Å². The lowest BCUT2D eigenvalue weighted by molar-refractivity contribution is 0.548. The summed E-state index contributed by atoms with van der Waals surface area (Å²) in [4.78, 5) is 0. The average Bonchev–Trinajstić information content (AvgIpc) is 2.78. The average molecular weight is 263 g/mol. The molecule has 1 unspecified atom stereocenters. The molecule has 0 aliphatic rings. The Kier molecular flexibility index (Phi) is 4.50. The van der Waals surface area contributed by atoms with Crippen LogP contribution in [0.4, 0.5) is 4.39 Å². The Morgan fingerprint density at radius 1 is 1.22 bits per heavy atom. The highest BCUT2D eigenvalue weighted by molar-refractivity contribution is 7.08. The second-order valence-corrected chi connectivity index (χ2v) is 5.19. The van der Waals surface area contributed by atoms with Crippen molar-refractivity contribution in [2.24, 2.45) is 0 Å². The standard InChI is InChI=1S/C15H18FNS/c1-3-17-15(14-10-18-9-11(14)2)8-12-4-6-13(16)7-5-12/h4-7,9-10,15,17H,3,8H2,1-2H3.